The average Bonchev–Trinajstić information content (AvgIpc) is 2.97. The van der Waals surface area contributed by atoms with Gasteiger partial charge in [0.25, 0.3) is 0 Å². The van der Waals surface area contributed by atoms with Crippen LogP contribution in [0.2, 0.25) is 10.0 Å². The lowest BCUT2D eigenvalue weighted by Gasteiger charge is -2.45. The molecule has 27 heavy (non-hydrogen) atoms. The molecule has 5 heteroatoms. The molecule has 1 saturated carbocycles. The van der Waals surface area contributed by atoms with Gasteiger partial charge in [0.05, 0.1) is 17.0 Å². The number of rotatable bonds is 2. The molecule has 3 nitrogen and oxygen atoms in total. The molecule has 0 bridgehead atoms. The molecular formula is C22H20Cl2N2O. The van der Waals surface area contributed by atoms with Crippen LogP contribution in [0.5, 0.6) is 0 Å². The Bertz CT molecular complexity index is 934. The minimum Gasteiger partial charge on any atom is -0.355 e. The molecule has 1 unspecified atom stereocenters. The van der Waals surface area contributed by atoms with Crippen molar-refractivity contribution >= 4 is 29.1 Å². The van der Waals surface area contributed by atoms with Gasteiger partial charge in [-0.05, 0) is 66.0 Å². The Hall–Kier alpha value is -2.02. The molecule has 4 rings (SSSR count). The van der Waals surface area contributed by atoms with Crippen molar-refractivity contribution in [1.29, 1.82) is 5.26 Å². The highest BCUT2D eigenvalue weighted by Crippen LogP contribution is 2.57. The first-order valence-electron chi connectivity index (χ1n) is 9.17. The summed E-state index contributed by atoms with van der Waals surface area (Å²) in [7, 11) is 0. The second kappa shape index (κ2) is 6.86. The first-order valence-corrected chi connectivity index (χ1v) is 9.93. The van der Waals surface area contributed by atoms with Crippen LogP contribution in [0.4, 0.5) is 0 Å². The largest absolute Gasteiger partial charge is 0.355 e. The zero-order chi connectivity index (χ0) is 19.2. The molecule has 4 atom stereocenters. The van der Waals surface area contributed by atoms with Crippen molar-refractivity contribution in [3.05, 3.63) is 69.2 Å². The number of carbonyl (C=O) groups excluding carboxylic acids is 1. The molecule has 0 spiro atoms. The molecule has 2 aromatic carbocycles. The average molecular weight is 399 g/mol. The fraction of sp³-hybridized carbons (Fsp3) is 0.364. The van der Waals surface area contributed by atoms with Crippen LogP contribution in [0, 0.1) is 22.7 Å². The zero-order valence-electron chi connectivity index (χ0n) is 15.0. The van der Waals surface area contributed by atoms with Gasteiger partial charge < -0.3 is 5.32 Å². The minimum absolute atomic E-state index is 0.133. The van der Waals surface area contributed by atoms with Gasteiger partial charge in [0, 0.05) is 16.6 Å². The highest BCUT2D eigenvalue weighted by atomic mass is 35.5. The van der Waals surface area contributed by atoms with E-state index in [1.54, 1.807) is 6.07 Å². The van der Waals surface area contributed by atoms with Gasteiger partial charge in [0.2, 0.25) is 5.91 Å². The molecule has 2 aromatic rings. The topological polar surface area (TPSA) is 52.9 Å². The van der Waals surface area contributed by atoms with Crippen LogP contribution >= 0.6 is 23.2 Å². The van der Waals surface area contributed by atoms with E-state index in [-0.39, 0.29) is 29.1 Å². The second-order valence-electron chi connectivity index (χ2n) is 7.80. The molecule has 1 aliphatic carbocycles. The van der Waals surface area contributed by atoms with Crippen LogP contribution in [0.3, 0.4) is 0 Å². The van der Waals surface area contributed by atoms with E-state index in [1.165, 1.54) is 0 Å². The Morgan fingerprint density at radius 2 is 1.85 bits per heavy atom. The van der Waals surface area contributed by atoms with E-state index in [9.17, 15) is 10.1 Å². The van der Waals surface area contributed by atoms with Crippen molar-refractivity contribution < 1.29 is 4.79 Å². The summed E-state index contributed by atoms with van der Waals surface area (Å²) in [6, 6.07) is 15.8. The van der Waals surface area contributed by atoms with E-state index in [0.717, 1.165) is 24.0 Å². The highest BCUT2D eigenvalue weighted by Gasteiger charge is 2.54. The fourth-order valence-corrected chi connectivity index (χ4v) is 5.28. The quantitative estimate of drug-likeness (QED) is 0.747. The van der Waals surface area contributed by atoms with Crippen LogP contribution in [-0.2, 0) is 4.79 Å². The molecule has 1 N–H and O–H groups in total. The zero-order valence-corrected chi connectivity index (χ0v) is 16.5. The van der Waals surface area contributed by atoms with Gasteiger partial charge in [0.15, 0.2) is 0 Å². The second-order valence-corrected chi connectivity index (χ2v) is 8.67. The van der Waals surface area contributed by atoms with Gasteiger partial charge in [-0.1, -0.05) is 48.3 Å². The van der Waals surface area contributed by atoms with E-state index < -0.39 is 0 Å². The lowest BCUT2D eigenvalue weighted by Crippen LogP contribution is -2.41. The molecular weight excluding hydrogens is 379 g/mol. The monoisotopic (exact) mass is 398 g/mol. The number of carbonyl (C=O) groups is 1. The number of nitrogens with one attached hydrogen (secondary N) is 1. The van der Waals surface area contributed by atoms with Crippen LogP contribution < -0.4 is 5.32 Å². The predicted octanol–water partition coefficient (Wildman–Crippen LogP) is 5.28. The Kier molecular flexibility index (Phi) is 4.66. The van der Waals surface area contributed by atoms with Crippen LogP contribution in [0.1, 0.15) is 48.3 Å². The van der Waals surface area contributed by atoms with Crippen LogP contribution in [0.15, 0.2) is 42.5 Å². The Labute approximate surface area is 169 Å². The first kappa shape index (κ1) is 18.3. The number of hydrogen-bond acceptors (Lipinski definition) is 2. The third kappa shape index (κ3) is 3.02. The fourth-order valence-electron chi connectivity index (χ4n) is 4.98. The molecule has 1 saturated heterocycles. The number of nitrogens with zero attached hydrogens (tertiary/aromatic N) is 1. The van der Waals surface area contributed by atoms with Gasteiger partial charge in [0.1, 0.15) is 0 Å². The maximum absolute atomic E-state index is 12.6. The van der Waals surface area contributed by atoms with Crippen LogP contribution in [-0.4, -0.2) is 12.5 Å². The van der Waals surface area contributed by atoms with Gasteiger partial charge in [-0.25, -0.2) is 0 Å². The third-order valence-corrected chi connectivity index (χ3v) is 6.94. The minimum atomic E-state index is -0.375. The summed E-state index contributed by atoms with van der Waals surface area (Å²) in [5.41, 5.74) is 2.42. The molecule has 1 heterocycles. The van der Waals surface area contributed by atoms with Crippen molar-refractivity contribution in [1.82, 2.24) is 5.32 Å². The number of benzene rings is 2. The summed E-state index contributed by atoms with van der Waals surface area (Å²) in [5, 5.41) is 14.0. The molecule has 0 radical (unpaired) electrons. The van der Waals surface area contributed by atoms with Gasteiger partial charge in [-0.3, -0.25) is 4.79 Å². The molecule has 1 amide bonds. The molecule has 2 fully saturated rings. The number of nitriles is 1. The van der Waals surface area contributed by atoms with Crippen LogP contribution in [0.25, 0.3) is 0 Å². The molecule has 2 aliphatic rings. The van der Waals surface area contributed by atoms with Gasteiger partial charge in [-0.15, -0.1) is 0 Å². The van der Waals surface area contributed by atoms with E-state index in [2.05, 4.69) is 30.4 Å². The first-order chi connectivity index (χ1) is 12.9. The van der Waals surface area contributed by atoms with Crippen molar-refractivity contribution in [2.24, 2.45) is 11.3 Å². The maximum atomic E-state index is 12.6. The Morgan fingerprint density at radius 3 is 2.56 bits per heavy atom. The number of fused-ring (bicyclic) bond motifs is 1. The van der Waals surface area contributed by atoms with Gasteiger partial charge >= 0.3 is 0 Å². The summed E-state index contributed by atoms with van der Waals surface area (Å²) in [5.74, 6) is 0.603. The highest BCUT2D eigenvalue weighted by molar-refractivity contribution is 6.30. The van der Waals surface area contributed by atoms with E-state index in [0.29, 0.717) is 22.2 Å². The Balaban J connectivity index is 1.85. The van der Waals surface area contributed by atoms with Crippen molar-refractivity contribution in [2.75, 3.05) is 6.54 Å². The number of halogens is 2. The van der Waals surface area contributed by atoms with Crippen molar-refractivity contribution in [3.8, 4) is 6.07 Å². The maximum Gasteiger partial charge on any atom is 0.226 e. The lowest BCUT2D eigenvalue weighted by molar-refractivity contribution is -0.129. The third-order valence-electron chi connectivity index (χ3n) is 6.45. The van der Waals surface area contributed by atoms with E-state index >= 15 is 0 Å². The predicted molar refractivity (Wildman–Crippen MR) is 107 cm³/mol. The van der Waals surface area contributed by atoms with Crippen molar-refractivity contribution in [2.45, 2.75) is 31.6 Å². The van der Waals surface area contributed by atoms with E-state index in [1.807, 2.05) is 24.3 Å². The number of hydrogen-bond donors (Lipinski definition) is 1. The number of amides is 1. The van der Waals surface area contributed by atoms with E-state index in [4.69, 9.17) is 23.2 Å². The summed E-state index contributed by atoms with van der Waals surface area (Å²) in [6.07, 6.45) is 1.66. The van der Waals surface area contributed by atoms with Gasteiger partial charge in [-0.2, -0.15) is 5.26 Å². The smallest absolute Gasteiger partial charge is 0.226 e. The summed E-state index contributed by atoms with van der Waals surface area (Å²) in [4.78, 5) is 12.6. The molecule has 138 valence electrons. The molecule has 0 aromatic heterocycles. The summed E-state index contributed by atoms with van der Waals surface area (Å²) >= 11 is 12.2. The lowest BCUT2D eigenvalue weighted by atomic mass is 9.57. The summed E-state index contributed by atoms with van der Waals surface area (Å²) in [6.45, 7) is 2.74. The standard InChI is InChI=1S/C22H20Cl2N2O/c1-22-9-8-18(17-7-6-16(24)10-14(17)11-25)20(19(22)12-26-21(22)27)13-2-4-15(23)5-3-13/h2-7,10,18-20H,8-9,12H2,1H3,(H,26,27)/t18-,19-,20-,22?/m0/s1. The normalized spacial score (nSPS) is 29.7. The Morgan fingerprint density at radius 1 is 1.15 bits per heavy atom. The SMILES string of the molecule is CC12CC[C@@H](c3ccc(Cl)cc3C#N)[C@H](c3ccc(Cl)cc3)[C@@H]1CNC2=O. The molecule has 1 aliphatic heterocycles. The van der Waals surface area contributed by atoms with Crippen molar-refractivity contribution in [3.63, 3.8) is 0 Å². The summed E-state index contributed by atoms with van der Waals surface area (Å²) < 4.78 is 0.